The molecule has 2 aromatic carbocycles. The van der Waals surface area contributed by atoms with Gasteiger partial charge in [-0.05, 0) is 43.2 Å². The summed E-state index contributed by atoms with van der Waals surface area (Å²) >= 11 is 0. The van der Waals surface area contributed by atoms with Crippen molar-refractivity contribution in [2.75, 3.05) is 16.3 Å². The van der Waals surface area contributed by atoms with E-state index in [-0.39, 0.29) is 17.7 Å². The zero-order valence-electron chi connectivity index (χ0n) is 13.3. The summed E-state index contributed by atoms with van der Waals surface area (Å²) in [6, 6.07) is 12.3. The zero-order chi connectivity index (χ0) is 16.8. The number of imide groups is 1. The second kappa shape index (κ2) is 5.30. The molecular formula is C19H16N2O3. The Morgan fingerprint density at radius 3 is 2.12 bits per heavy atom. The van der Waals surface area contributed by atoms with Crippen LogP contribution in [0.25, 0.3) is 0 Å². The molecule has 3 amide bonds. The molecular weight excluding hydrogens is 304 g/mol. The third kappa shape index (κ3) is 2.05. The molecule has 0 aliphatic carbocycles. The van der Waals surface area contributed by atoms with Crippen molar-refractivity contribution in [1.82, 2.24) is 0 Å². The number of aryl methyl sites for hydroxylation is 1. The number of rotatable bonds is 2. The summed E-state index contributed by atoms with van der Waals surface area (Å²) in [5.74, 6) is -0.653. The first-order valence-electron chi connectivity index (χ1n) is 7.97. The van der Waals surface area contributed by atoms with Crippen LogP contribution in [0.15, 0.2) is 42.5 Å². The lowest BCUT2D eigenvalue weighted by molar-refractivity contribution is -0.117. The van der Waals surface area contributed by atoms with Crippen LogP contribution >= 0.6 is 0 Å². The van der Waals surface area contributed by atoms with Crippen LogP contribution in [0, 0.1) is 6.92 Å². The Hall–Kier alpha value is -2.95. The molecule has 1 saturated heterocycles. The maximum atomic E-state index is 12.8. The van der Waals surface area contributed by atoms with Gasteiger partial charge in [-0.15, -0.1) is 0 Å². The Bertz CT molecular complexity index is 853. The van der Waals surface area contributed by atoms with Gasteiger partial charge in [0.1, 0.15) is 0 Å². The highest BCUT2D eigenvalue weighted by atomic mass is 16.2. The Morgan fingerprint density at radius 2 is 1.54 bits per heavy atom. The van der Waals surface area contributed by atoms with E-state index in [2.05, 4.69) is 0 Å². The third-order valence-corrected chi connectivity index (χ3v) is 4.53. The first-order valence-corrected chi connectivity index (χ1v) is 7.97. The second-order valence-corrected chi connectivity index (χ2v) is 6.13. The third-order valence-electron chi connectivity index (χ3n) is 4.53. The zero-order valence-corrected chi connectivity index (χ0v) is 13.3. The number of fused-ring (bicyclic) bond motifs is 1. The topological polar surface area (TPSA) is 57.7 Å². The summed E-state index contributed by atoms with van der Waals surface area (Å²) in [5.41, 5.74) is 2.84. The SMILES string of the molecule is Cc1ccc(N2CCCC2=O)c(N2C(=O)c3ccccc3C2=O)c1. The Balaban J connectivity index is 1.86. The molecule has 0 spiro atoms. The van der Waals surface area contributed by atoms with E-state index in [0.717, 1.165) is 12.0 Å². The molecule has 0 atom stereocenters. The van der Waals surface area contributed by atoms with E-state index in [0.29, 0.717) is 35.5 Å². The monoisotopic (exact) mass is 320 g/mol. The van der Waals surface area contributed by atoms with Gasteiger partial charge >= 0.3 is 0 Å². The quantitative estimate of drug-likeness (QED) is 0.800. The number of benzene rings is 2. The van der Waals surface area contributed by atoms with Gasteiger partial charge in [-0.3, -0.25) is 14.4 Å². The summed E-state index contributed by atoms with van der Waals surface area (Å²) in [6.07, 6.45) is 1.28. The molecule has 4 rings (SSSR count). The molecule has 5 heteroatoms. The Kier molecular flexibility index (Phi) is 3.23. The van der Waals surface area contributed by atoms with E-state index in [1.54, 1.807) is 35.2 Å². The first-order chi connectivity index (χ1) is 11.6. The molecule has 0 bridgehead atoms. The average molecular weight is 320 g/mol. The van der Waals surface area contributed by atoms with Crippen LogP contribution in [0.5, 0.6) is 0 Å². The van der Waals surface area contributed by atoms with Crippen LogP contribution < -0.4 is 9.80 Å². The van der Waals surface area contributed by atoms with Gasteiger partial charge in [0.05, 0.1) is 22.5 Å². The van der Waals surface area contributed by atoms with Crippen LogP contribution in [0.1, 0.15) is 39.1 Å². The van der Waals surface area contributed by atoms with E-state index < -0.39 is 0 Å². The minimum absolute atomic E-state index is 0.0247. The molecule has 0 saturated carbocycles. The lowest BCUT2D eigenvalue weighted by Crippen LogP contribution is -2.33. The van der Waals surface area contributed by atoms with Crippen molar-refractivity contribution in [3.63, 3.8) is 0 Å². The molecule has 0 radical (unpaired) electrons. The molecule has 5 nitrogen and oxygen atoms in total. The molecule has 0 unspecified atom stereocenters. The molecule has 2 aliphatic rings. The number of amides is 3. The van der Waals surface area contributed by atoms with Gasteiger partial charge in [-0.25, -0.2) is 4.90 Å². The number of hydrogen-bond donors (Lipinski definition) is 0. The van der Waals surface area contributed by atoms with E-state index in [9.17, 15) is 14.4 Å². The maximum Gasteiger partial charge on any atom is 0.266 e. The normalized spacial score (nSPS) is 17.0. The summed E-state index contributed by atoms with van der Waals surface area (Å²) in [7, 11) is 0. The van der Waals surface area contributed by atoms with Gasteiger partial charge in [-0.1, -0.05) is 18.2 Å². The highest BCUT2D eigenvalue weighted by Crippen LogP contribution is 2.37. The highest BCUT2D eigenvalue weighted by Gasteiger charge is 2.38. The minimum atomic E-state index is -0.339. The van der Waals surface area contributed by atoms with E-state index in [1.807, 2.05) is 19.1 Å². The van der Waals surface area contributed by atoms with Gasteiger partial charge in [0.25, 0.3) is 11.8 Å². The fraction of sp³-hybridized carbons (Fsp3) is 0.211. The summed E-state index contributed by atoms with van der Waals surface area (Å²) in [5, 5.41) is 0. The molecule has 120 valence electrons. The number of nitrogens with zero attached hydrogens (tertiary/aromatic N) is 2. The van der Waals surface area contributed by atoms with Crippen molar-refractivity contribution >= 4 is 29.1 Å². The van der Waals surface area contributed by atoms with E-state index in [1.165, 1.54) is 4.90 Å². The molecule has 1 fully saturated rings. The van der Waals surface area contributed by atoms with Crippen LogP contribution in [0.4, 0.5) is 11.4 Å². The molecule has 2 aliphatic heterocycles. The fourth-order valence-electron chi connectivity index (χ4n) is 3.35. The van der Waals surface area contributed by atoms with Gasteiger partial charge in [-0.2, -0.15) is 0 Å². The van der Waals surface area contributed by atoms with Gasteiger partial charge < -0.3 is 4.90 Å². The van der Waals surface area contributed by atoms with Gasteiger partial charge in [0.2, 0.25) is 5.91 Å². The first kappa shape index (κ1) is 14.6. The van der Waals surface area contributed by atoms with Crippen molar-refractivity contribution < 1.29 is 14.4 Å². The molecule has 2 heterocycles. The summed E-state index contributed by atoms with van der Waals surface area (Å²) in [6.45, 7) is 2.51. The number of anilines is 2. The van der Waals surface area contributed by atoms with Crippen molar-refractivity contribution in [3.8, 4) is 0 Å². The lowest BCUT2D eigenvalue weighted by atomic mass is 10.1. The van der Waals surface area contributed by atoms with Crippen LogP contribution in [0.2, 0.25) is 0 Å². The lowest BCUT2D eigenvalue weighted by Gasteiger charge is -2.24. The predicted molar refractivity (Wildman–Crippen MR) is 90.3 cm³/mol. The van der Waals surface area contributed by atoms with Crippen LogP contribution in [-0.4, -0.2) is 24.3 Å². The predicted octanol–water partition coefficient (Wildman–Crippen LogP) is 2.92. The molecule has 24 heavy (non-hydrogen) atoms. The summed E-state index contributed by atoms with van der Waals surface area (Å²) in [4.78, 5) is 40.5. The molecule has 2 aromatic rings. The van der Waals surface area contributed by atoms with Crippen LogP contribution in [-0.2, 0) is 4.79 Å². The Morgan fingerprint density at radius 1 is 0.875 bits per heavy atom. The standard InChI is InChI=1S/C19H16N2O3/c1-12-8-9-15(20-10-4-7-17(20)22)16(11-12)21-18(23)13-5-2-3-6-14(13)19(21)24/h2-3,5-6,8-9,11H,4,7,10H2,1H3. The van der Waals surface area contributed by atoms with Crippen molar-refractivity contribution in [2.24, 2.45) is 0 Å². The highest BCUT2D eigenvalue weighted by molar-refractivity contribution is 6.35. The number of carbonyl (C=O) groups excluding carboxylic acids is 3. The van der Waals surface area contributed by atoms with Crippen molar-refractivity contribution in [3.05, 3.63) is 59.2 Å². The molecule has 0 N–H and O–H groups in total. The molecule has 0 aromatic heterocycles. The number of hydrogen-bond acceptors (Lipinski definition) is 3. The number of carbonyl (C=O) groups is 3. The van der Waals surface area contributed by atoms with Crippen molar-refractivity contribution in [1.29, 1.82) is 0 Å². The summed E-state index contributed by atoms with van der Waals surface area (Å²) < 4.78 is 0. The van der Waals surface area contributed by atoms with Gasteiger partial charge in [0.15, 0.2) is 0 Å². The van der Waals surface area contributed by atoms with Crippen molar-refractivity contribution in [2.45, 2.75) is 19.8 Å². The Labute approximate surface area is 139 Å². The minimum Gasteiger partial charge on any atom is -0.310 e. The fourth-order valence-corrected chi connectivity index (χ4v) is 3.35. The van der Waals surface area contributed by atoms with E-state index >= 15 is 0 Å². The second-order valence-electron chi connectivity index (χ2n) is 6.13. The largest absolute Gasteiger partial charge is 0.310 e. The van der Waals surface area contributed by atoms with E-state index in [4.69, 9.17) is 0 Å². The maximum absolute atomic E-state index is 12.8. The van der Waals surface area contributed by atoms with Gasteiger partial charge in [0, 0.05) is 13.0 Å². The van der Waals surface area contributed by atoms with Crippen LogP contribution in [0.3, 0.4) is 0 Å². The smallest absolute Gasteiger partial charge is 0.266 e. The average Bonchev–Trinajstić information content (AvgIpc) is 3.10.